The topological polar surface area (TPSA) is 73.6 Å². The molecule has 0 saturated carbocycles. The Bertz CT molecular complexity index is 465. The summed E-state index contributed by atoms with van der Waals surface area (Å²) in [5.41, 5.74) is 0.246. The third-order valence-corrected chi connectivity index (χ3v) is 2.98. The van der Waals surface area contributed by atoms with E-state index in [1.165, 1.54) is 12.1 Å². The smallest absolute Gasteiger partial charge is 0.335 e. The first-order chi connectivity index (χ1) is 9.56. The van der Waals surface area contributed by atoms with Crippen LogP contribution in [0.4, 0.5) is 0 Å². The van der Waals surface area contributed by atoms with Gasteiger partial charge in [-0.05, 0) is 37.7 Å². The predicted molar refractivity (Wildman–Crippen MR) is 75.8 cm³/mol. The standard InChI is InChI=1S/C15H20N2O3/c1-3-17(11-12(2)10-16)8-9-20-14-6-4-13(5-7-14)15(18)19/h4-7,12H,3,8-9,11H2,1-2H3,(H,18,19). The van der Waals surface area contributed by atoms with E-state index in [1.54, 1.807) is 12.1 Å². The van der Waals surface area contributed by atoms with Gasteiger partial charge in [0.1, 0.15) is 12.4 Å². The van der Waals surface area contributed by atoms with Gasteiger partial charge in [0.2, 0.25) is 0 Å². The van der Waals surface area contributed by atoms with Gasteiger partial charge in [0.05, 0.1) is 17.6 Å². The second-order valence-electron chi connectivity index (χ2n) is 4.60. The fourth-order valence-electron chi connectivity index (χ4n) is 1.79. The summed E-state index contributed by atoms with van der Waals surface area (Å²) >= 11 is 0. The number of ether oxygens (including phenoxy) is 1. The fraction of sp³-hybridized carbons (Fsp3) is 0.467. The molecule has 1 aromatic carbocycles. The van der Waals surface area contributed by atoms with Gasteiger partial charge in [-0.15, -0.1) is 0 Å². The molecule has 0 aliphatic heterocycles. The highest BCUT2D eigenvalue weighted by Crippen LogP contribution is 2.12. The van der Waals surface area contributed by atoms with Gasteiger partial charge in [0.15, 0.2) is 0 Å². The maximum absolute atomic E-state index is 10.7. The van der Waals surface area contributed by atoms with Crippen molar-refractivity contribution in [3.05, 3.63) is 29.8 Å². The second-order valence-corrected chi connectivity index (χ2v) is 4.60. The van der Waals surface area contributed by atoms with Gasteiger partial charge in [-0.2, -0.15) is 5.26 Å². The van der Waals surface area contributed by atoms with Crippen molar-refractivity contribution in [1.82, 2.24) is 4.90 Å². The number of carboxylic acid groups (broad SMARTS) is 1. The second kappa shape index (κ2) is 8.18. The van der Waals surface area contributed by atoms with Crippen LogP contribution < -0.4 is 4.74 Å². The van der Waals surface area contributed by atoms with Crippen molar-refractivity contribution >= 4 is 5.97 Å². The van der Waals surface area contributed by atoms with Gasteiger partial charge >= 0.3 is 5.97 Å². The highest BCUT2D eigenvalue weighted by molar-refractivity contribution is 5.87. The monoisotopic (exact) mass is 276 g/mol. The van der Waals surface area contributed by atoms with Crippen molar-refractivity contribution in [2.24, 2.45) is 5.92 Å². The molecule has 5 nitrogen and oxygen atoms in total. The number of benzene rings is 1. The largest absolute Gasteiger partial charge is 0.492 e. The first-order valence-electron chi connectivity index (χ1n) is 6.65. The molecule has 0 radical (unpaired) electrons. The molecule has 0 aromatic heterocycles. The van der Waals surface area contributed by atoms with Crippen LogP contribution in [0.25, 0.3) is 0 Å². The van der Waals surface area contributed by atoms with E-state index in [-0.39, 0.29) is 11.5 Å². The highest BCUT2D eigenvalue weighted by Gasteiger charge is 2.08. The van der Waals surface area contributed by atoms with E-state index in [9.17, 15) is 4.79 Å². The molecule has 1 N–H and O–H groups in total. The van der Waals surface area contributed by atoms with E-state index in [1.807, 2.05) is 13.8 Å². The van der Waals surface area contributed by atoms with Gasteiger partial charge < -0.3 is 9.84 Å². The number of likely N-dealkylation sites (N-methyl/N-ethyl adjacent to an activating group) is 1. The van der Waals surface area contributed by atoms with Crippen molar-refractivity contribution in [2.45, 2.75) is 13.8 Å². The van der Waals surface area contributed by atoms with E-state index >= 15 is 0 Å². The Morgan fingerprint density at radius 1 is 1.45 bits per heavy atom. The lowest BCUT2D eigenvalue weighted by molar-refractivity contribution is 0.0697. The number of nitrogens with zero attached hydrogens (tertiary/aromatic N) is 2. The van der Waals surface area contributed by atoms with Crippen LogP contribution in [-0.2, 0) is 0 Å². The molecule has 108 valence electrons. The van der Waals surface area contributed by atoms with Crippen LogP contribution in [0.1, 0.15) is 24.2 Å². The average Bonchev–Trinajstić information content (AvgIpc) is 2.46. The normalized spacial score (nSPS) is 11.9. The molecule has 1 unspecified atom stereocenters. The zero-order valence-corrected chi connectivity index (χ0v) is 11.9. The number of hydrogen-bond donors (Lipinski definition) is 1. The molecule has 20 heavy (non-hydrogen) atoms. The maximum Gasteiger partial charge on any atom is 0.335 e. The van der Waals surface area contributed by atoms with E-state index in [2.05, 4.69) is 11.0 Å². The molecule has 1 aromatic rings. The Morgan fingerprint density at radius 2 is 2.10 bits per heavy atom. The van der Waals surface area contributed by atoms with E-state index < -0.39 is 5.97 Å². The Morgan fingerprint density at radius 3 is 2.60 bits per heavy atom. The Kier molecular flexibility index (Phi) is 6.54. The van der Waals surface area contributed by atoms with Crippen LogP contribution >= 0.6 is 0 Å². The summed E-state index contributed by atoms with van der Waals surface area (Å²) in [4.78, 5) is 12.9. The molecule has 0 saturated heterocycles. The van der Waals surface area contributed by atoms with Crippen LogP contribution in [-0.4, -0.2) is 42.2 Å². The molecule has 1 rings (SSSR count). The summed E-state index contributed by atoms with van der Waals surface area (Å²) in [6.07, 6.45) is 0. The summed E-state index contributed by atoms with van der Waals surface area (Å²) in [6, 6.07) is 8.56. The van der Waals surface area contributed by atoms with Crippen LogP contribution in [0.3, 0.4) is 0 Å². The molecular formula is C15H20N2O3. The molecule has 0 spiro atoms. The Labute approximate surface area is 119 Å². The minimum atomic E-state index is -0.945. The van der Waals surface area contributed by atoms with Gasteiger partial charge in [-0.3, -0.25) is 4.90 Å². The average molecular weight is 276 g/mol. The van der Waals surface area contributed by atoms with Crippen LogP contribution in [0.15, 0.2) is 24.3 Å². The molecule has 5 heteroatoms. The highest BCUT2D eigenvalue weighted by atomic mass is 16.5. The fourth-order valence-corrected chi connectivity index (χ4v) is 1.79. The van der Waals surface area contributed by atoms with Crippen molar-refractivity contribution in [3.8, 4) is 11.8 Å². The quantitative estimate of drug-likeness (QED) is 0.788. The summed E-state index contributed by atoms with van der Waals surface area (Å²) in [5, 5.41) is 17.6. The van der Waals surface area contributed by atoms with E-state index in [0.717, 1.165) is 19.6 Å². The third kappa shape index (κ3) is 5.29. The number of carbonyl (C=O) groups is 1. The molecule has 1 atom stereocenters. The van der Waals surface area contributed by atoms with Crippen molar-refractivity contribution < 1.29 is 14.6 Å². The van der Waals surface area contributed by atoms with Crippen molar-refractivity contribution in [3.63, 3.8) is 0 Å². The Balaban J connectivity index is 2.39. The maximum atomic E-state index is 10.7. The van der Waals surface area contributed by atoms with Crippen LogP contribution in [0.5, 0.6) is 5.75 Å². The summed E-state index contributed by atoms with van der Waals surface area (Å²) in [6.45, 7) is 6.79. The zero-order valence-electron chi connectivity index (χ0n) is 11.9. The minimum Gasteiger partial charge on any atom is -0.492 e. The molecular weight excluding hydrogens is 256 g/mol. The van der Waals surface area contributed by atoms with Gasteiger partial charge in [0.25, 0.3) is 0 Å². The lowest BCUT2D eigenvalue weighted by Crippen LogP contribution is -2.32. The first-order valence-corrected chi connectivity index (χ1v) is 6.65. The molecule has 0 aliphatic rings. The number of hydrogen-bond acceptors (Lipinski definition) is 4. The summed E-state index contributed by atoms with van der Waals surface area (Å²) in [5.74, 6) is -0.289. The predicted octanol–water partition coefficient (Wildman–Crippen LogP) is 2.25. The van der Waals surface area contributed by atoms with Crippen LogP contribution in [0, 0.1) is 17.2 Å². The number of rotatable bonds is 8. The SMILES string of the molecule is CCN(CCOc1ccc(C(=O)O)cc1)CC(C)C#N. The Hall–Kier alpha value is -2.06. The minimum absolute atomic E-state index is 0.00444. The molecule has 0 aliphatic carbocycles. The zero-order chi connectivity index (χ0) is 15.0. The first kappa shape index (κ1) is 16.0. The number of carboxylic acids is 1. The molecule has 0 amide bonds. The lowest BCUT2D eigenvalue weighted by Gasteiger charge is -2.21. The third-order valence-electron chi connectivity index (χ3n) is 2.98. The number of aromatic carboxylic acids is 1. The molecule has 0 fully saturated rings. The van der Waals surface area contributed by atoms with Crippen molar-refractivity contribution in [1.29, 1.82) is 5.26 Å². The van der Waals surface area contributed by atoms with Gasteiger partial charge in [-0.25, -0.2) is 4.79 Å². The number of nitriles is 1. The van der Waals surface area contributed by atoms with E-state index in [4.69, 9.17) is 15.1 Å². The van der Waals surface area contributed by atoms with Crippen LogP contribution in [0.2, 0.25) is 0 Å². The molecule has 0 heterocycles. The van der Waals surface area contributed by atoms with Gasteiger partial charge in [0, 0.05) is 13.1 Å². The molecule has 0 bridgehead atoms. The van der Waals surface area contributed by atoms with Crippen molar-refractivity contribution in [2.75, 3.05) is 26.2 Å². The lowest BCUT2D eigenvalue weighted by atomic mass is 10.2. The summed E-state index contributed by atoms with van der Waals surface area (Å²) < 4.78 is 5.57. The summed E-state index contributed by atoms with van der Waals surface area (Å²) in [7, 11) is 0. The van der Waals surface area contributed by atoms with E-state index in [0.29, 0.717) is 12.4 Å². The van der Waals surface area contributed by atoms with Gasteiger partial charge in [-0.1, -0.05) is 6.92 Å².